The van der Waals surface area contributed by atoms with Crippen molar-refractivity contribution in [2.45, 2.75) is 13.2 Å². The summed E-state index contributed by atoms with van der Waals surface area (Å²) in [6.45, 7) is 0.520. The summed E-state index contributed by atoms with van der Waals surface area (Å²) in [7, 11) is 0. The second-order valence-corrected chi connectivity index (χ2v) is 6.71. The molecule has 0 unspecified atom stereocenters. The first-order chi connectivity index (χ1) is 15.3. The molecule has 4 rings (SSSR count). The Bertz CT molecular complexity index is 1140. The number of hydrogen-bond donors (Lipinski definition) is 0. The first-order valence-corrected chi connectivity index (χ1v) is 9.84. The summed E-state index contributed by atoms with van der Waals surface area (Å²) in [6.07, 6.45) is 6.68. The van der Waals surface area contributed by atoms with Gasteiger partial charge in [0.2, 0.25) is 0 Å². The Morgan fingerprint density at radius 1 is 0.871 bits per heavy atom. The maximum Gasteiger partial charge on any atom is 0.331 e. The van der Waals surface area contributed by atoms with Gasteiger partial charge in [0.05, 0.1) is 11.4 Å². The number of ether oxygens (including phenoxy) is 2. The van der Waals surface area contributed by atoms with Crippen molar-refractivity contribution in [3.8, 4) is 11.4 Å². The van der Waals surface area contributed by atoms with Gasteiger partial charge in [-0.05, 0) is 54.1 Å². The molecule has 2 heterocycles. The number of rotatable bonds is 8. The molecule has 6 nitrogen and oxygen atoms in total. The molecule has 0 saturated carbocycles. The van der Waals surface area contributed by atoms with Gasteiger partial charge in [-0.15, -0.1) is 0 Å². The summed E-state index contributed by atoms with van der Waals surface area (Å²) in [5.74, 6) is 0.309. The van der Waals surface area contributed by atoms with Gasteiger partial charge in [-0.25, -0.2) is 9.48 Å². The van der Waals surface area contributed by atoms with Crippen molar-refractivity contribution in [3.63, 3.8) is 0 Å². The van der Waals surface area contributed by atoms with Gasteiger partial charge in [-0.2, -0.15) is 5.10 Å². The van der Waals surface area contributed by atoms with E-state index in [9.17, 15) is 4.79 Å². The van der Waals surface area contributed by atoms with Crippen LogP contribution in [0, 0.1) is 0 Å². The summed E-state index contributed by atoms with van der Waals surface area (Å²) in [6, 6.07) is 24.7. The highest BCUT2D eigenvalue weighted by molar-refractivity contribution is 5.87. The van der Waals surface area contributed by atoms with E-state index >= 15 is 0 Å². The van der Waals surface area contributed by atoms with Crippen LogP contribution in [-0.2, 0) is 22.7 Å². The van der Waals surface area contributed by atoms with Crippen molar-refractivity contribution in [2.75, 3.05) is 0 Å². The summed E-state index contributed by atoms with van der Waals surface area (Å²) in [5.41, 5.74) is 3.37. The minimum absolute atomic E-state index is 0.114. The number of benzene rings is 2. The molecule has 6 heteroatoms. The van der Waals surface area contributed by atoms with E-state index in [1.165, 1.54) is 6.08 Å². The van der Waals surface area contributed by atoms with Crippen LogP contribution < -0.4 is 4.74 Å². The number of hydrogen-bond acceptors (Lipinski definition) is 5. The van der Waals surface area contributed by atoms with Gasteiger partial charge in [0, 0.05) is 18.5 Å². The molecular weight excluding hydrogens is 390 g/mol. The molecule has 154 valence electrons. The Balaban J connectivity index is 1.25. The summed E-state index contributed by atoms with van der Waals surface area (Å²) in [5, 5.41) is 4.42. The van der Waals surface area contributed by atoms with E-state index in [0.29, 0.717) is 12.3 Å². The molecule has 0 atom stereocenters. The first-order valence-electron chi connectivity index (χ1n) is 9.84. The number of esters is 1. The maximum atomic E-state index is 12.0. The van der Waals surface area contributed by atoms with E-state index in [-0.39, 0.29) is 6.61 Å². The van der Waals surface area contributed by atoms with Gasteiger partial charge < -0.3 is 9.47 Å². The molecule has 31 heavy (non-hydrogen) atoms. The van der Waals surface area contributed by atoms with E-state index in [2.05, 4.69) is 10.1 Å². The lowest BCUT2D eigenvalue weighted by atomic mass is 10.2. The van der Waals surface area contributed by atoms with Crippen LogP contribution in [0.15, 0.2) is 97.3 Å². The molecule has 2 aromatic heterocycles. The average Bonchev–Trinajstić information content (AvgIpc) is 3.31. The molecule has 0 spiro atoms. The highest BCUT2D eigenvalue weighted by atomic mass is 16.5. The largest absolute Gasteiger partial charge is 0.487 e. The van der Waals surface area contributed by atoms with Gasteiger partial charge in [-0.1, -0.05) is 36.4 Å². The highest BCUT2D eigenvalue weighted by Crippen LogP contribution is 2.15. The van der Waals surface area contributed by atoms with Crippen LogP contribution in [0.2, 0.25) is 0 Å². The number of aromatic nitrogens is 3. The van der Waals surface area contributed by atoms with Crippen molar-refractivity contribution in [3.05, 3.63) is 114 Å². The smallest absolute Gasteiger partial charge is 0.331 e. The van der Waals surface area contributed by atoms with Crippen LogP contribution in [0.3, 0.4) is 0 Å². The van der Waals surface area contributed by atoms with Crippen LogP contribution >= 0.6 is 0 Å². The van der Waals surface area contributed by atoms with E-state index in [4.69, 9.17) is 9.47 Å². The summed E-state index contributed by atoms with van der Waals surface area (Å²) in [4.78, 5) is 16.2. The number of pyridine rings is 1. The number of nitrogens with zero attached hydrogens (tertiary/aromatic N) is 3. The summed E-state index contributed by atoms with van der Waals surface area (Å²) < 4.78 is 12.7. The Labute approximate surface area is 180 Å². The molecule has 0 radical (unpaired) electrons. The lowest BCUT2D eigenvalue weighted by Crippen LogP contribution is -2.02. The van der Waals surface area contributed by atoms with Crippen LogP contribution in [0.4, 0.5) is 0 Å². The van der Waals surface area contributed by atoms with E-state index in [0.717, 1.165) is 22.7 Å². The standard InChI is InChI=1S/C25H21N3O3/c29-25(31-19-22-15-17-28(27-22)23-7-2-1-3-8-23)14-11-20-9-12-24(13-10-20)30-18-21-6-4-5-16-26-21/h1-17H,18-19H2/b14-11+. The third kappa shape index (κ3) is 5.90. The van der Waals surface area contributed by atoms with Crippen molar-refractivity contribution >= 4 is 12.0 Å². The van der Waals surface area contributed by atoms with Gasteiger partial charge >= 0.3 is 5.97 Å². The van der Waals surface area contributed by atoms with Crippen LogP contribution in [0.1, 0.15) is 17.0 Å². The number of carbonyl (C=O) groups is 1. The van der Waals surface area contributed by atoms with Gasteiger partial charge in [0.1, 0.15) is 24.7 Å². The van der Waals surface area contributed by atoms with Gasteiger partial charge in [-0.3, -0.25) is 4.98 Å². The van der Waals surface area contributed by atoms with Crippen molar-refractivity contribution in [1.82, 2.24) is 14.8 Å². The SMILES string of the molecule is O=C(/C=C/c1ccc(OCc2ccccn2)cc1)OCc1ccn(-c2ccccc2)n1. The fraction of sp³-hybridized carbons (Fsp3) is 0.0800. The number of para-hydroxylation sites is 1. The Kier molecular flexibility index (Phi) is 6.50. The van der Waals surface area contributed by atoms with E-state index in [1.54, 1.807) is 17.0 Å². The normalized spacial score (nSPS) is 10.8. The molecule has 2 aromatic carbocycles. The molecule has 0 fully saturated rings. The first kappa shape index (κ1) is 20.1. The minimum Gasteiger partial charge on any atom is -0.487 e. The zero-order valence-corrected chi connectivity index (χ0v) is 16.8. The zero-order chi connectivity index (χ0) is 21.3. The highest BCUT2D eigenvalue weighted by Gasteiger charge is 2.04. The molecule has 0 aliphatic heterocycles. The van der Waals surface area contributed by atoms with Crippen molar-refractivity contribution in [2.24, 2.45) is 0 Å². The lowest BCUT2D eigenvalue weighted by Gasteiger charge is -2.05. The van der Waals surface area contributed by atoms with E-state index < -0.39 is 5.97 Å². The topological polar surface area (TPSA) is 66.2 Å². The second kappa shape index (κ2) is 10.0. The third-order valence-electron chi connectivity index (χ3n) is 4.43. The Morgan fingerprint density at radius 2 is 1.68 bits per heavy atom. The molecule has 4 aromatic rings. The molecule has 0 bridgehead atoms. The quantitative estimate of drug-likeness (QED) is 0.313. The molecule has 0 saturated heterocycles. The predicted molar refractivity (Wildman–Crippen MR) is 117 cm³/mol. The Morgan fingerprint density at radius 3 is 2.45 bits per heavy atom. The molecular formula is C25H21N3O3. The van der Waals surface area contributed by atoms with Crippen LogP contribution in [0.25, 0.3) is 11.8 Å². The van der Waals surface area contributed by atoms with Crippen molar-refractivity contribution in [1.29, 1.82) is 0 Å². The van der Waals surface area contributed by atoms with E-state index in [1.807, 2.05) is 85.1 Å². The monoisotopic (exact) mass is 411 g/mol. The second-order valence-electron chi connectivity index (χ2n) is 6.71. The molecule has 0 N–H and O–H groups in total. The van der Waals surface area contributed by atoms with Gasteiger partial charge in [0.25, 0.3) is 0 Å². The van der Waals surface area contributed by atoms with Gasteiger partial charge in [0.15, 0.2) is 0 Å². The predicted octanol–water partition coefficient (Wildman–Crippen LogP) is 4.60. The average molecular weight is 411 g/mol. The third-order valence-corrected chi connectivity index (χ3v) is 4.43. The number of carbonyl (C=O) groups excluding carboxylic acids is 1. The summed E-state index contributed by atoms with van der Waals surface area (Å²) >= 11 is 0. The molecule has 0 amide bonds. The van der Waals surface area contributed by atoms with Crippen molar-refractivity contribution < 1.29 is 14.3 Å². The van der Waals surface area contributed by atoms with Crippen LogP contribution in [-0.4, -0.2) is 20.7 Å². The lowest BCUT2D eigenvalue weighted by molar-refractivity contribution is -0.139. The zero-order valence-electron chi connectivity index (χ0n) is 16.8. The molecule has 0 aliphatic rings. The maximum absolute atomic E-state index is 12.0. The van der Waals surface area contributed by atoms with Crippen LogP contribution in [0.5, 0.6) is 5.75 Å². The Hall–Kier alpha value is -4.19. The molecule has 0 aliphatic carbocycles. The minimum atomic E-state index is -0.426. The fourth-order valence-corrected chi connectivity index (χ4v) is 2.84. The fourth-order valence-electron chi connectivity index (χ4n) is 2.84.